The van der Waals surface area contributed by atoms with Gasteiger partial charge in [-0.15, -0.1) is 0 Å². The van der Waals surface area contributed by atoms with Gasteiger partial charge in [-0.3, -0.25) is 0 Å². The fourth-order valence-electron chi connectivity index (χ4n) is 2.39. The Hall–Kier alpha value is -2.89. The second-order valence-electron chi connectivity index (χ2n) is 4.61. The molecule has 0 aliphatic rings. The van der Waals surface area contributed by atoms with Crippen LogP contribution in [-0.2, 0) is 0 Å². The Morgan fingerprint density at radius 2 is 1.91 bits per heavy atom. The molecule has 4 nitrogen and oxygen atoms in total. The molecular weight excluding hydrogens is 292 g/mol. The molecule has 0 saturated carbocycles. The number of carbonyl (C=O) groups is 1. The number of aromatic carboxylic acids is 1. The lowest BCUT2D eigenvalue weighted by Gasteiger charge is -2.09. The van der Waals surface area contributed by atoms with Crippen molar-refractivity contribution >= 4 is 16.9 Å². The summed E-state index contributed by atoms with van der Waals surface area (Å²) in [4.78, 5) is 11.2. The Balaban J connectivity index is 2.11. The first kappa shape index (κ1) is 14.1. The Bertz CT molecular complexity index is 842. The van der Waals surface area contributed by atoms with Crippen molar-refractivity contribution in [3.8, 4) is 11.4 Å². The molecule has 3 rings (SSSR count). The molecule has 3 aromatic rings. The maximum absolute atomic E-state index is 12.3. The van der Waals surface area contributed by atoms with Gasteiger partial charge in [-0.1, -0.05) is 12.1 Å². The predicted octanol–water partition coefficient (Wildman–Crippen LogP) is 3.93. The minimum Gasteiger partial charge on any atom is -0.478 e. The standard InChI is InChI=1S/C16H11F2NO3/c17-16(18)22-11-4-1-3-10(9-11)19-8-7-12-13(15(20)21)5-2-6-14(12)19/h1-9,16H,(H,20,21). The molecule has 0 fully saturated rings. The van der Waals surface area contributed by atoms with Gasteiger partial charge in [-0.2, -0.15) is 8.78 Å². The van der Waals surface area contributed by atoms with E-state index in [4.69, 9.17) is 0 Å². The van der Waals surface area contributed by atoms with E-state index in [1.165, 1.54) is 18.2 Å². The molecule has 112 valence electrons. The van der Waals surface area contributed by atoms with Crippen LogP contribution in [0.2, 0.25) is 0 Å². The zero-order chi connectivity index (χ0) is 15.7. The average molecular weight is 303 g/mol. The highest BCUT2D eigenvalue weighted by atomic mass is 19.3. The highest BCUT2D eigenvalue weighted by molar-refractivity contribution is 6.03. The molecule has 2 aromatic carbocycles. The topological polar surface area (TPSA) is 51.5 Å². The fraction of sp³-hybridized carbons (Fsp3) is 0.0625. The SMILES string of the molecule is O=C(O)c1cccc2c1ccn2-c1cccc(OC(F)F)c1. The molecule has 0 spiro atoms. The monoisotopic (exact) mass is 303 g/mol. The number of aromatic nitrogens is 1. The number of alkyl halides is 2. The van der Waals surface area contributed by atoms with Gasteiger partial charge in [0, 0.05) is 23.3 Å². The van der Waals surface area contributed by atoms with Crippen molar-refractivity contribution in [2.24, 2.45) is 0 Å². The van der Waals surface area contributed by atoms with E-state index >= 15 is 0 Å². The lowest BCUT2D eigenvalue weighted by atomic mass is 10.1. The summed E-state index contributed by atoms with van der Waals surface area (Å²) in [6.45, 7) is -2.89. The summed E-state index contributed by atoms with van der Waals surface area (Å²) in [5.41, 5.74) is 1.47. The fourth-order valence-corrected chi connectivity index (χ4v) is 2.39. The molecule has 0 unspecified atom stereocenters. The minimum atomic E-state index is -2.89. The smallest absolute Gasteiger partial charge is 0.387 e. The largest absolute Gasteiger partial charge is 0.478 e. The number of benzene rings is 2. The van der Waals surface area contributed by atoms with E-state index < -0.39 is 12.6 Å². The van der Waals surface area contributed by atoms with Crippen LogP contribution in [-0.4, -0.2) is 22.3 Å². The second-order valence-corrected chi connectivity index (χ2v) is 4.61. The number of nitrogens with zero attached hydrogens (tertiary/aromatic N) is 1. The third kappa shape index (κ3) is 2.50. The van der Waals surface area contributed by atoms with E-state index in [2.05, 4.69) is 4.74 Å². The normalized spacial score (nSPS) is 11.0. The summed E-state index contributed by atoms with van der Waals surface area (Å²) in [6, 6.07) is 12.8. The first-order chi connectivity index (χ1) is 10.6. The van der Waals surface area contributed by atoms with Crippen LogP contribution in [0.15, 0.2) is 54.7 Å². The molecular formula is C16H11F2NO3. The van der Waals surface area contributed by atoms with Gasteiger partial charge in [-0.25, -0.2) is 4.79 Å². The highest BCUT2D eigenvalue weighted by Crippen LogP contribution is 2.26. The number of hydrogen-bond acceptors (Lipinski definition) is 2. The maximum Gasteiger partial charge on any atom is 0.387 e. The van der Waals surface area contributed by atoms with Crippen LogP contribution in [0.4, 0.5) is 8.78 Å². The molecule has 0 saturated heterocycles. The number of rotatable bonds is 4. The molecule has 0 aliphatic heterocycles. The molecule has 1 aromatic heterocycles. The van der Waals surface area contributed by atoms with E-state index in [0.29, 0.717) is 16.6 Å². The second kappa shape index (κ2) is 5.48. The van der Waals surface area contributed by atoms with Crippen LogP contribution in [0.3, 0.4) is 0 Å². The number of carboxylic acids is 1. The van der Waals surface area contributed by atoms with Gasteiger partial charge in [0.15, 0.2) is 0 Å². The van der Waals surface area contributed by atoms with E-state index in [0.717, 1.165) is 0 Å². The summed E-state index contributed by atoms with van der Waals surface area (Å²) in [6.07, 6.45) is 1.69. The number of carboxylic acid groups (broad SMARTS) is 1. The van der Waals surface area contributed by atoms with E-state index in [9.17, 15) is 18.7 Å². The van der Waals surface area contributed by atoms with Crippen LogP contribution < -0.4 is 4.74 Å². The minimum absolute atomic E-state index is 0.0451. The van der Waals surface area contributed by atoms with Crippen molar-refractivity contribution in [1.82, 2.24) is 4.57 Å². The van der Waals surface area contributed by atoms with Gasteiger partial charge < -0.3 is 14.4 Å². The third-order valence-electron chi connectivity index (χ3n) is 3.28. The Labute approximate surface area is 124 Å². The number of halogens is 2. The molecule has 0 amide bonds. The molecule has 0 radical (unpaired) electrons. The van der Waals surface area contributed by atoms with Crippen molar-refractivity contribution in [1.29, 1.82) is 0 Å². The lowest BCUT2D eigenvalue weighted by molar-refractivity contribution is -0.0498. The van der Waals surface area contributed by atoms with Crippen molar-refractivity contribution in [3.05, 3.63) is 60.3 Å². The lowest BCUT2D eigenvalue weighted by Crippen LogP contribution is -2.02. The summed E-state index contributed by atoms with van der Waals surface area (Å²) in [5, 5.41) is 9.77. The average Bonchev–Trinajstić information content (AvgIpc) is 2.90. The van der Waals surface area contributed by atoms with Crippen LogP contribution in [0.5, 0.6) is 5.75 Å². The van der Waals surface area contributed by atoms with E-state index in [-0.39, 0.29) is 11.3 Å². The highest BCUT2D eigenvalue weighted by Gasteiger charge is 2.12. The third-order valence-corrected chi connectivity index (χ3v) is 3.28. The molecule has 0 bridgehead atoms. The number of fused-ring (bicyclic) bond motifs is 1. The Kier molecular flexibility index (Phi) is 3.50. The van der Waals surface area contributed by atoms with Gasteiger partial charge in [0.1, 0.15) is 5.75 Å². The molecule has 1 N–H and O–H groups in total. The van der Waals surface area contributed by atoms with Crippen molar-refractivity contribution in [2.45, 2.75) is 6.61 Å². The molecule has 0 aliphatic carbocycles. The predicted molar refractivity (Wildman–Crippen MR) is 76.9 cm³/mol. The quantitative estimate of drug-likeness (QED) is 0.794. The van der Waals surface area contributed by atoms with E-state index in [1.807, 2.05) is 0 Å². The van der Waals surface area contributed by atoms with Gasteiger partial charge in [-0.05, 0) is 30.3 Å². The van der Waals surface area contributed by atoms with Crippen molar-refractivity contribution < 1.29 is 23.4 Å². The number of ether oxygens (including phenoxy) is 1. The molecule has 22 heavy (non-hydrogen) atoms. The Morgan fingerprint density at radius 1 is 1.14 bits per heavy atom. The zero-order valence-electron chi connectivity index (χ0n) is 11.2. The summed E-state index contributed by atoms with van der Waals surface area (Å²) < 4.78 is 30.7. The first-order valence-electron chi connectivity index (χ1n) is 6.45. The molecule has 6 heteroatoms. The molecule has 0 atom stereocenters. The zero-order valence-corrected chi connectivity index (χ0v) is 11.2. The van der Waals surface area contributed by atoms with Crippen molar-refractivity contribution in [2.75, 3.05) is 0 Å². The van der Waals surface area contributed by atoms with Gasteiger partial charge in [0.25, 0.3) is 0 Å². The van der Waals surface area contributed by atoms with Crippen LogP contribution >= 0.6 is 0 Å². The van der Waals surface area contributed by atoms with Gasteiger partial charge in [0.05, 0.1) is 11.1 Å². The summed E-state index contributed by atoms with van der Waals surface area (Å²) in [5.74, 6) is -0.970. The van der Waals surface area contributed by atoms with Crippen LogP contribution in [0.1, 0.15) is 10.4 Å². The summed E-state index contributed by atoms with van der Waals surface area (Å²) >= 11 is 0. The number of hydrogen-bond donors (Lipinski definition) is 1. The van der Waals surface area contributed by atoms with Gasteiger partial charge >= 0.3 is 12.6 Å². The van der Waals surface area contributed by atoms with E-state index in [1.54, 1.807) is 41.1 Å². The summed E-state index contributed by atoms with van der Waals surface area (Å²) in [7, 11) is 0. The Morgan fingerprint density at radius 3 is 2.64 bits per heavy atom. The van der Waals surface area contributed by atoms with Crippen LogP contribution in [0, 0.1) is 0 Å². The molecule has 1 heterocycles. The van der Waals surface area contributed by atoms with Crippen molar-refractivity contribution in [3.63, 3.8) is 0 Å². The van der Waals surface area contributed by atoms with Gasteiger partial charge in [0.2, 0.25) is 0 Å². The first-order valence-corrected chi connectivity index (χ1v) is 6.45. The maximum atomic E-state index is 12.3. The van der Waals surface area contributed by atoms with Crippen LogP contribution in [0.25, 0.3) is 16.6 Å².